The Morgan fingerprint density at radius 3 is 2.52 bits per heavy atom. The predicted octanol–water partition coefficient (Wildman–Crippen LogP) is 3.76. The van der Waals surface area contributed by atoms with Crippen LogP contribution in [0.2, 0.25) is 0 Å². The molecule has 3 rings (SSSR count). The minimum absolute atomic E-state index is 0.111. The summed E-state index contributed by atoms with van der Waals surface area (Å²) in [4.78, 5) is 34.8. The Balaban J connectivity index is 1.82. The number of aromatic amines is 1. The summed E-state index contributed by atoms with van der Waals surface area (Å²) in [6.07, 6.45) is 2.54. The van der Waals surface area contributed by atoms with Crippen molar-refractivity contribution in [2.75, 3.05) is 0 Å². The lowest BCUT2D eigenvalue weighted by molar-refractivity contribution is 0.181. The van der Waals surface area contributed by atoms with E-state index in [0.717, 1.165) is 29.7 Å². The first-order chi connectivity index (χ1) is 13.5. The van der Waals surface area contributed by atoms with Gasteiger partial charge in [-0.1, -0.05) is 23.8 Å². The topological polar surface area (TPSA) is 78.1 Å². The largest absolute Gasteiger partial charge is 0.333 e. The van der Waals surface area contributed by atoms with Crippen molar-refractivity contribution in [3.63, 3.8) is 0 Å². The van der Waals surface area contributed by atoms with E-state index in [-0.39, 0.29) is 23.2 Å². The van der Waals surface area contributed by atoms with Gasteiger partial charge in [0.15, 0.2) is 0 Å². The van der Waals surface area contributed by atoms with Gasteiger partial charge in [0.05, 0.1) is 6.54 Å². The highest BCUT2D eigenvalue weighted by molar-refractivity contribution is 5.75. The Morgan fingerprint density at radius 1 is 1.24 bits per heavy atom. The molecule has 156 valence electrons. The van der Waals surface area contributed by atoms with Gasteiger partial charge in [0.1, 0.15) is 5.82 Å². The quantitative estimate of drug-likeness (QED) is 0.808. The molecule has 2 aromatic rings. The summed E-state index contributed by atoms with van der Waals surface area (Å²) in [5.74, 6) is 0.535. The lowest BCUT2D eigenvalue weighted by atomic mass is 9.98. The van der Waals surface area contributed by atoms with Gasteiger partial charge >= 0.3 is 6.03 Å². The number of rotatable bonds is 5. The van der Waals surface area contributed by atoms with Gasteiger partial charge in [-0.05, 0) is 65.5 Å². The molecular weight excluding hydrogens is 364 g/mol. The number of H-pyrrole nitrogens is 1. The minimum Gasteiger partial charge on any atom is -0.333 e. The zero-order valence-electron chi connectivity index (χ0n) is 18.3. The fraction of sp³-hybridized carbons (Fsp3) is 0.522. The van der Waals surface area contributed by atoms with Gasteiger partial charge in [-0.2, -0.15) is 0 Å². The van der Waals surface area contributed by atoms with Crippen LogP contribution in [0.4, 0.5) is 4.79 Å². The van der Waals surface area contributed by atoms with E-state index in [4.69, 9.17) is 0 Å². The predicted molar refractivity (Wildman–Crippen MR) is 115 cm³/mol. The van der Waals surface area contributed by atoms with Gasteiger partial charge in [-0.3, -0.25) is 4.79 Å². The van der Waals surface area contributed by atoms with Crippen LogP contribution in [-0.2, 0) is 13.0 Å². The molecule has 0 radical (unpaired) electrons. The van der Waals surface area contributed by atoms with Gasteiger partial charge < -0.3 is 15.2 Å². The highest BCUT2D eigenvalue weighted by Gasteiger charge is 2.34. The Hall–Kier alpha value is -2.63. The molecule has 1 aromatic heterocycles. The number of benzene rings is 1. The molecule has 2 amide bonds. The van der Waals surface area contributed by atoms with Crippen molar-refractivity contribution in [1.29, 1.82) is 0 Å². The van der Waals surface area contributed by atoms with Crippen LogP contribution in [0.1, 0.15) is 67.4 Å². The van der Waals surface area contributed by atoms with Crippen molar-refractivity contribution in [3.8, 4) is 0 Å². The standard InChI is InChI=1S/C23H32N4O2/c1-14-7-8-15(2)17(11-14)12-19-16(3)24-20(25-21(19)28)13-27(18-9-10-18)22(29)26-23(4,5)6/h7-8,11,18H,9-10,12-13H2,1-6H3,(H,26,29)(H,24,25,28). The van der Waals surface area contributed by atoms with E-state index in [1.54, 1.807) is 4.90 Å². The van der Waals surface area contributed by atoms with Gasteiger partial charge in [-0.15, -0.1) is 0 Å². The minimum atomic E-state index is -0.309. The number of carbonyl (C=O) groups is 1. The van der Waals surface area contributed by atoms with Crippen molar-refractivity contribution < 1.29 is 4.79 Å². The molecule has 6 heteroatoms. The molecule has 1 saturated carbocycles. The molecule has 0 spiro atoms. The maximum Gasteiger partial charge on any atom is 0.318 e. The highest BCUT2D eigenvalue weighted by Crippen LogP contribution is 2.28. The van der Waals surface area contributed by atoms with Crippen LogP contribution in [-0.4, -0.2) is 32.5 Å². The maximum absolute atomic E-state index is 12.8. The molecule has 1 fully saturated rings. The van der Waals surface area contributed by atoms with Gasteiger partial charge in [-0.25, -0.2) is 9.78 Å². The van der Waals surface area contributed by atoms with Crippen molar-refractivity contribution >= 4 is 6.03 Å². The van der Waals surface area contributed by atoms with Crippen LogP contribution in [0.5, 0.6) is 0 Å². The van der Waals surface area contributed by atoms with Crippen molar-refractivity contribution in [1.82, 2.24) is 20.2 Å². The zero-order chi connectivity index (χ0) is 21.3. The summed E-state index contributed by atoms with van der Waals surface area (Å²) < 4.78 is 0. The summed E-state index contributed by atoms with van der Waals surface area (Å²) >= 11 is 0. The maximum atomic E-state index is 12.8. The Bertz CT molecular complexity index is 968. The second kappa shape index (κ2) is 8.01. The van der Waals surface area contributed by atoms with E-state index in [1.165, 1.54) is 5.56 Å². The zero-order valence-corrected chi connectivity index (χ0v) is 18.3. The number of urea groups is 1. The third-order valence-corrected chi connectivity index (χ3v) is 5.19. The molecule has 0 saturated heterocycles. The Labute approximate surface area is 172 Å². The third-order valence-electron chi connectivity index (χ3n) is 5.19. The van der Waals surface area contributed by atoms with E-state index in [2.05, 4.69) is 47.3 Å². The summed E-state index contributed by atoms with van der Waals surface area (Å²) in [6.45, 7) is 12.2. The number of nitrogens with zero attached hydrogens (tertiary/aromatic N) is 2. The normalized spacial score (nSPS) is 14.0. The smallest absolute Gasteiger partial charge is 0.318 e. The van der Waals surface area contributed by atoms with E-state index < -0.39 is 0 Å². The number of aromatic nitrogens is 2. The molecule has 1 heterocycles. The molecule has 6 nitrogen and oxygen atoms in total. The number of nitrogens with one attached hydrogen (secondary N) is 2. The molecule has 0 atom stereocenters. The van der Waals surface area contributed by atoms with Crippen LogP contribution in [0.3, 0.4) is 0 Å². The first-order valence-electron chi connectivity index (χ1n) is 10.3. The Kier molecular flexibility index (Phi) is 5.82. The number of hydrogen-bond donors (Lipinski definition) is 2. The van der Waals surface area contributed by atoms with Crippen LogP contribution in [0.25, 0.3) is 0 Å². The van der Waals surface area contributed by atoms with Crippen LogP contribution in [0, 0.1) is 20.8 Å². The van der Waals surface area contributed by atoms with Crippen LogP contribution in [0.15, 0.2) is 23.0 Å². The number of hydrogen-bond acceptors (Lipinski definition) is 3. The van der Waals surface area contributed by atoms with Crippen molar-refractivity contribution in [2.24, 2.45) is 0 Å². The fourth-order valence-corrected chi connectivity index (χ4v) is 3.44. The first kappa shape index (κ1) is 21.1. The second-order valence-corrected chi connectivity index (χ2v) is 9.22. The molecule has 0 aliphatic heterocycles. The second-order valence-electron chi connectivity index (χ2n) is 9.22. The van der Waals surface area contributed by atoms with E-state index >= 15 is 0 Å². The van der Waals surface area contributed by atoms with Gasteiger partial charge in [0, 0.05) is 29.3 Å². The molecule has 1 aromatic carbocycles. The molecule has 0 unspecified atom stereocenters. The third kappa shape index (κ3) is 5.46. The molecular formula is C23H32N4O2. The lowest BCUT2D eigenvalue weighted by Crippen LogP contribution is -2.49. The number of carbonyl (C=O) groups excluding carboxylic acids is 1. The molecule has 1 aliphatic carbocycles. The summed E-state index contributed by atoms with van der Waals surface area (Å²) in [5, 5.41) is 3.01. The monoisotopic (exact) mass is 396 g/mol. The molecule has 2 N–H and O–H groups in total. The molecule has 0 bridgehead atoms. The Morgan fingerprint density at radius 2 is 1.93 bits per heavy atom. The first-order valence-corrected chi connectivity index (χ1v) is 10.3. The number of aryl methyl sites for hydroxylation is 3. The fourth-order valence-electron chi connectivity index (χ4n) is 3.44. The average Bonchev–Trinajstić information content (AvgIpc) is 3.42. The van der Waals surface area contributed by atoms with E-state index in [9.17, 15) is 9.59 Å². The molecule has 29 heavy (non-hydrogen) atoms. The summed E-state index contributed by atoms with van der Waals surface area (Å²) in [7, 11) is 0. The van der Waals surface area contributed by atoms with Gasteiger partial charge in [0.25, 0.3) is 5.56 Å². The van der Waals surface area contributed by atoms with Crippen molar-refractivity contribution in [2.45, 2.75) is 78.9 Å². The lowest BCUT2D eigenvalue weighted by Gasteiger charge is -2.28. The summed E-state index contributed by atoms with van der Waals surface area (Å²) in [6, 6.07) is 6.38. The van der Waals surface area contributed by atoms with E-state index in [0.29, 0.717) is 24.4 Å². The SMILES string of the molecule is Cc1ccc(C)c(Cc2c(C)nc(CN(C(=O)NC(C)(C)C)C3CC3)[nH]c2=O)c1. The number of amides is 2. The van der Waals surface area contributed by atoms with Crippen molar-refractivity contribution in [3.05, 3.63) is 62.3 Å². The average molecular weight is 397 g/mol. The van der Waals surface area contributed by atoms with E-state index in [1.807, 2.05) is 27.7 Å². The van der Waals surface area contributed by atoms with Crippen LogP contribution >= 0.6 is 0 Å². The highest BCUT2D eigenvalue weighted by atomic mass is 16.2. The van der Waals surface area contributed by atoms with Crippen LogP contribution < -0.4 is 10.9 Å². The molecule has 1 aliphatic rings. The van der Waals surface area contributed by atoms with Gasteiger partial charge in [0.2, 0.25) is 0 Å². The summed E-state index contributed by atoms with van der Waals surface area (Å²) in [5.41, 5.74) is 4.44.